The van der Waals surface area contributed by atoms with Crippen LogP contribution in [-0.2, 0) is 17.5 Å². The van der Waals surface area contributed by atoms with Gasteiger partial charge in [-0.05, 0) is 23.8 Å². The maximum Gasteiger partial charge on any atom is 0.416 e. The number of rotatable bonds is 4. The Morgan fingerprint density at radius 3 is 2.35 bits per heavy atom. The molecule has 0 saturated heterocycles. The van der Waals surface area contributed by atoms with Gasteiger partial charge < -0.3 is 15.0 Å². The number of ether oxygens (including phenoxy) is 1. The van der Waals surface area contributed by atoms with Crippen molar-refractivity contribution >= 4 is 17.7 Å². The molecule has 2 rings (SSSR count). The van der Waals surface area contributed by atoms with Crippen LogP contribution in [0.25, 0.3) is 0 Å². The monoisotopic (exact) mass is 366 g/mol. The van der Waals surface area contributed by atoms with Crippen molar-refractivity contribution in [3.8, 4) is 0 Å². The molecule has 8 heteroatoms. The Bertz CT molecular complexity index is 806. The summed E-state index contributed by atoms with van der Waals surface area (Å²) in [5, 5.41) is 2.51. The number of amides is 2. The first-order valence-electron chi connectivity index (χ1n) is 7.58. The number of anilines is 1. The molecule has 0 fully saturated rings. The van der Waals surface area contributed by atoms with Crippen molar-refractivity contribution in [3.63, 3.8) is 0 Å². The number of carbonyl (C=O) groups is 2. The van der Waals surface area contributed by atoms with Gasteiger partial charge in [-0.2, -0.15) is 13.2 Å². The topological polar surface area (TPSA) is 58.6 Å². The van der Waals surface area contributed by atoms with Crippen LogP contribution >= 0.6 is 0 Å². The van der Waals surface area contributed by atoms with Crippen molar-refractivity contribution in [2.75, 3.05) is 19.5 Å². The Labute approximate surface area is 148 Å². The number of esters is 1. The molecular formula is C18H17F3N2O3. The number of hydrogen-bond donors (Lipinski definition) is 1. The van der Waals surface area contributed by atoms with E-state index in [1.54, 1.807) is 12.1 Å². The molecule has 1 N–H and O–H groups in total. The highest BCUT2D eigenvalue weighted by molar-refractivity contribution is 6.00. The first-order valence-corrected chi connectivity index (χ1v) is 7.58. The third kappa shape index (κ3) is 4.53. The van der Waals surface area contributed by atoms with Gasteiger partial charge in [0.05, 0.1) is 23.9 Å². The predicted octanol–water partition coefficient (Wildman–Crippen LogP) is 4.16. The second-order valence-electron chi connectivity index (χ2n) is 5.48. The van der Waals surface area contributed by atoms with Crippen LogP contribution in [0.4, 0.5) is 23.7 Å². The number of halogens is 3. The summed E-state index contributed by atoms with van der Waals surface area (Å²) < 4.78 is 43.8. The van der Waals surface area contributed by atoms with Crippen LogP contribution in [0.1, 0.15) is 21.5 Å². The first-order chi connectivity index (χ1) is 12.2. The molecular weight excluding hydrogens is 349 g/mol. The minimum atomic E-state index is -4.51. The Morgan fingerprint density at radius 1 is 1.08 bits per heavy atom. The molecule has 0 aliphatic rings. The Kier molecular flexibility index (Phi) is 5.86. The normalized spacial score (nSPS) is 11.0. The molecule has 0 bridgehead atoms. The van der Waals surface area contributed by atoms with Crippen LogP contribution in [0, 0.1) is 0 Å². The maximum atomic E-state index is 13.1. The van der Waals surface area contributed by atoms with Crippen molar-refractivity contribution in [3.05, 3.63) is 65.2 Å². The first kappa shape index (κ1) is 19.3. The standard InChI is InChI=1S/C18H17F3N2O3/c1-23(11-12-7-3-5-9-14(12)18(19,20)21)17(25)22-15-10-6-4-8-13(15)16(24)26-2/h3-10H,11H2,1-2H3,(H,22,25). The van der Waals surface area contributed by atoms with Crippen molar-refractivity contribution < 1.29 is 27.5 Å². The minimum Gasteiger partial charge on any atom is -0.465 e. The highest BCUT2D eigenvalue weighted by Gasteiger charge is 2.33. The fourth-order valence-corrected chi connectivity index (χ4v) is 2.35. The van der Waals surface area contributed by atoms with Crippen LogP contribution in [-0.4, -0.2) is 31.1 Å². The molecule has 0 unspecified atom stereocenters. The molecule has 5 nitrogen and oxygen atoms in total. The summed E-state index contributed by atoms with van der Waals surface area (Å²) in [6.07, 6.45) is -4.51. The third-order valence-corrected chi connectivity index (χ3v) is 3.65. The molecule has 0 aliphatic heterocycles. The molecule has 0 spiro atoms. The van der Waals surface area contributed by atoms with Gasteiger partial charge in [-0.3, -0.25) is 0 Å². The van der Waals surface area contributed by atoms with E-state index < -0.39 is 23.7 Å². The summed E-state index contributed by atoms with van der Waals surface area (Å²) in [6.45, 7) is -0.248. The Hall–Kier alpha value is -3.03. The molecule has 26 heavy (non-hydrogen) atoms. The SMILES string of the molecule is COC(=O)c1ccccc1NC(=O)N(C)Cc1ccccc1C(F)(F)F. The van der Waals surface area contributed by atoms with E-state index in [9.17, 15) is 22.8 Å². The Balaban J connectivity index is 2.17. The van der Waals surface area contributed by atoms with E-state index in [-0.39, 0.29) is 23.4 Å². The van der Waals surface area contributed by atoms with Crippen LogP contribution in [0.2, 0.25) is 0 Å². The highest BCUT2D eigenvalue weighted by Crippen LogP contribution is 2.32. The van der Waals surface area contributed by atoms with Crippen LogP contribution in [0.15, 0.2) is 48.5 Å². The van der Waals surface area contributed by atoms with E-state index in [0.717, 1.165) is 11.0 Å². The van der Waals surface area contributed by atoms with Gasteiger partial charge in [0.1, 0.15) is 0 Å². The lowest BCUT2D eigenvalue weighted by molar-refractivity contribution is -0.138. The Morgan fingerprint density at radius 2 is 1.69 bits per heavy atom. The number of para-hydroxylation sites is 1. The molecule has 138 valence electrons. The quantitative estimate of drug-likeness (QED) is 0.827. The molecule has 2 aromatic rings. The van der Waals surface area contributed by atoms with Crippen molar-refractivity contribution in [2.24, 2.45) is 0 Å². The van der Waals surface area contributed by atoms with E-state index >= 15 is 0 Å². The van der Waals surface area contributed by atoms with Gasteiger partial charge in [0.15, 0.2) is 0 Å². The summed E-state index contributed by atoms with van der Waals surface area (Å²) in [7, 11) is 2.57. The summed E-state index contributed by atoms with van der Waals surface area (Å²) in [5.41, 5.74) is -0.471. The zero-order chi connectivity index (χ0) is 19.3. The lowest BCUT2D eigenvalue weighted by atomic mass is 10.1. The van der Waals surface area contributed by atoms with E-state index in [2.05, 4.69) is 10.1 Å². The van der Waals surface area contributed by atoms with Crippen molar-refractivity contribution in [1.82, 2.24) is 4.90 Å². The minimum absolute atomic E-state index is 0.0288. The zero-order valence-corrected chi connectivity index (χ0v) is 14.1. The van der Waals surface area contributed by atoms with E-state index in [1.165, 1.54) is 44.5 Å². The molecule has 0 saturated carbocycles. The number of alkyl halides is 3. The van der Waals surface area contributed by atoms with Crippen LogP contribution in [0.5, 0.6) is 0 Å². The largest absolute Gasteiger partial charge is 0.465 e. The second kappa shape index (κ2) is 7.90. The molecule has 0 aromatic heterocycles. The number of nitrogens with zero attached hydrogens (tertiary/aromatic N) is 1. The van der Waals surface area contributed by atoms with E-state index in [1.807, 2.05) is 0 Å². The predicted molar refractivity (Wildman–Crippen MR) is 89.7 cm³/mol. The summed E-state index contributed by atoms with van der Waals surface area (Å²) in [4.78, 5) is 25.1. The smallest absolute Gasteiger partial charge is 0.416 e. The number of urea groups is 1. The van der Waals surface area contributed by atoms with Crippen molar-refractivity contribution in [2.45, 2.75) is 12.7 Å². The van der Waals surface area contributed by atoms with Gasteiger partial charge in [-0.1, -0.05) is 30.3 Å². The fourth-order valence-electron chi connectivity index (χ4n) is 2.35. The van der Waals surface area contributed by atoms with Crippen LogP contribution in [0.3, 0.4) is 0 Å². The van der Waals surface area contributed by atoms with Gasteiger partial charge in [0.2, 0.25) is 0 Å². The fraction of sp³-hybridized carbons (Fsp3) is 0.222. The van der Waals surface area contributed by atoms with Crippen molar-refractivity contribution in [1.29, 1.82) is 0 Å². The van der Waals surface area contributed by atoms with Gasteiger partial charge in [0.25, 0.3) is 0 Å². The number of nitrogens with one attached hydrogen (secondary N) is 1. The maximum absolute atomic E-state index is 13.1. The van der Waals surface area contributed by atoms with Crippen LogP contribution < -0.4 is 5.32 Å². The lowest BCUT2D eigenvalue weighted by Crippen LogP contribution is -2.32. The van der Waals surface area contributed by atoms with Gasteiger partial charge >= 0.3 is 18.2 Å². The van der Waals surface area contributed by atoms with Gasteiger partial charge in [-0.15, -0.1) is 0 Å². The molecule has 0 aliphatic carbocycles. The zero-order valence-electron chi connectivity index (χ0n) is 14.1. The van der Waals surface area contributed by atoms with Gasteiger partial charge in [0, 0.05) is 13.6 Å². The summed E-state index contributed by atoms with van der Waals surface area (Å²) >= 11 is 0. The molecule has 0 radical (unpaired) electrons. The van der Waals surface area contributed by atoms with E-state index in [4.69, 9.17) is 0 Å². The second-order valence-corrected chi connectivity index (χ2v) is 5.48. The molecule has 0 heterocycles. The summed E-state index contributed by atoms with van der Waals surface area (Å²) in [6, 6.07) is 10.6. The van der Waals surface area contributed by atoms with E-state index in [0.29, 0.717) is 0 Å². The van der Waals surface area contributed by atoms with Gasteiger partial charge in [-0.25, -0.2) is 9.59 Å². The number of benzene rings is 2. The number of hydrogen-bond acceptors (Lipinski definition) is 3. The number of methoxy groups -OCH3 is 1. The third-order valence-electron chi connectivity index (χ3n) is 3.65. The lowest BCUT2D eigenvalue weighted by Gasteiger charge is -2.21. The average molecular weight is 366 g/mol. The average Bonchev–Trinajstić information content (AvgIpc) is 2.61. The summed E-state index contributed by atoms with van der Waals surface area (Å²) in [5.74, 6) is -0.633. The molecule has 2 aromatic carbocycles. The highest BCUT2D eigenvalue weighted by atomic mass is 19.4. The number of carbonyl (C=O) groups excluding carboxylic acids is 2. The molecule has 2 amide bonds. The molecule has 0 atom stereocenters.